The summed E-state index contributed by atoms with van der Waals surface area (Å²) in [5.41, 5.74) is 3.38. The van der Waals surface area contributed by atoms with Gasteiger partial charge < -0.3 is 19.7 Å². The summed E-state index contributed by atoms with van der Waals surface area (Å²) in [4.78, 5) is 22.6. The molecule has 27 heavy (non-hydrogen) atoms. The average molecular weight is 364 g/mol. The Labute approximate surface area is 156 Å². The Morgan fingerprint density at radius 2 is 2.00 bits per heavy atom. The third-order valence-corrected chi connectivity index (χ3v) is 4.55. The van der Waals surface area contributed by atoms with Crippen LogP contribution in [0.2, 0.25) is 0 Å². The van der Waals surface area contributed by atoms with Crippen LogP contribution in [-0.4, -0.2) is 49.4 Å². The van der Waals surface area contributed by atoms with E-state index in [0.29, 0.717) is 11.4 Å². The second-order valence-corrected chi connectivity index (χ2v) is 6.21. The van der Waals surface area contributed by atoms with Gasteiger partial charge in [-0.05, 0) is 36.4 Å². The molecule has 1 fully saturated rings. The van der Waals surface area contributed by atoms with Crippen molar-refractivity contribution >= 4 is 34.1 Å². The van der Waals surface area contributed by atoms with Gasteiger partial charge in [0.2, 0.25) is 0 Å². The normalized spacial score (nSPS) is 14.2. The Hall–Kier alpha value is -3.19. The van der Waals surface area contributed by atoms with Crippen molar-refractivity contribution in [3.8, 4) is 0 Å². The van der Waals surface area contributed by atoms with Gasteiger partial charge in [-0.2, -0.15) is 0 Å². The fourth-order valence-electron chi connectivity index (χ4n) is 3.11. The maximum atomic E-state index is 11.5. The molecule has 0 radical (unpaired) electrons. The number of hydrogen-bond acceptors (Lipinski definition) is 7. The number of morpholine rings is 1. The van der Waals surface area contributed by atoms with Crippen LogP contribution in [0.5, 0.6) is 0 Å². The number of methoxy groups -OCH3 is 1. The second kappa shape index (κ2) is 7.59. The smallest absolute Gasteiger partial charge is 0.339 e. The largest absolute Gasteiger partial charge is 0.465 e. The molecular weight excluding hydrogens is 344 g/mol. The minimum Gasteiger partial charge on any atom is -0.465 e. The number of ether oxygens (including phenoxy) is 2. The Morgan fingerprint density at radius 3 is 2.74 bits per heavy atom. The highest BCUT2D eigenvalue weighted by molar-refractivity contribution is 5.95. The van der Waals surface area contributed by atoms with Gasteiger partial charge in [0, 0.05) is 36.6 Å². The lowest BCUT2D eigenvalue weighted by molar-refractivity contribution is 0.0600. The predicted octanol–water partition coefficient (Wildman–Crippen LogP) is 3.00. The lowest BCUT2D eigenvalue weighted by Gasteiger charge is -2.29. The van der Waals surface area contributed by atoms with Crippen LogP contribution in [0.1, 0.15) is 10.4 Å². The number of rotatable bonds is 4. The third kappa shape index (κ3) is 3.68. The molecule has 0 spiro atoms. The number of pyridine rings is 2. The summed E-state index contributed by atoms with van der Waals surface area (Å²) in [6.45, 7) is 3.25. The topological polar surface area (TPSA) is 76.6 Å². The van der Waals surface area contributed by atoms with Crippen LogP contribution in [0.4, 0.5) is 17.2 Å². The quantitative estimate of drug-likeness (QED) is 0.713. The van der Waals surface area contributed by atoms with Crippen LogP contribution in [-0.2, 0) is 9.47 Å². The summed E-state index contributed by atoms with van der Waals surface area (Å²) < 4.78 is 10.1. The standard InChI is InChI=1S/C20H20N4O3/c1-26-20(25)14-2-5-19(22-13-14)23-18-6-7-21-17-4-3-15(12-16(17)18)24-8-10-27-11-9-24/h2-7,12-13H,8-11H2,1H3,(H,21,22,23). The van der Waals surface area contributed by atoms with Gasteiger partial charge in [-0.1, -0.05) is 0 Å². The van der Waals surface area contributed by atoms with Gasteiger partial charge in [-0.3, -0.25) is 4.98 Å². The first kappa shape index (κ1) is 17.2. The molecule has 3 heterocycles. The number of esters is 1. The number of carbonyl (C=O) groups excluding carboxylic acids is 1. The zero-order valence-electron chi connectivity index (χ0n) is 15.0. The minimum absolute atomic E-state index is 0.404. The lowest BCUT2D eigenvalue weighted by Crippen LogP contribution is -2.36. The number of hydrogen-bond donors (Lipinski definition) is 1. The fraction of sp³-hybridized carbons (Fsp3) is 0.250. The van der Waals surface area contributed by atoms with E-state index in [4.69, 9.17) is 9.47 Å². The molecule has 4 rings (SSSR count). The van der Waals surface area contributed by atoms with E-state index in [-0.39, 0.29) is 0 Å². The van der Waals surface area contributed by atoms with Crippen LogP contribution >= 0.6 is 0 Å². The van der Waals surface area contributed by atoms with Crippen molar-refractivity contribution in [3.63, 3.8) is 0 Å². The molecule has 1 N–H and O–H groups in total. The Bertz CT molecular complexity index is 953. The van der Waals surface area contributed by atoms with E-state index in [9.17, 15) is 4.79 Å². The number of fused-ring (bicyclic) bond motifs is 1. The first-order valence-corrected chi connectivity index (χ1v) is 8.77. The van der Waals surface area contributed by atoms with E-state index in [2.05, 4.69) is 32.3 Å². The van der Waals surface area contributed by atoms with E-state index in [0.717, 1.165) is 48.6 Å². The van der Waals surface area contributed by atoms with Crippen LogP contribution in [0.3, 0.4) is 0 Å². The maximum Gasteiger partial charge on any atom is 0.339 e. The van der Waals surface area contributed by atoms with Crippen LogP contribution in [0.25, 0.3) is 10.9 Å². The van der Waals surface area contributed by atoms with E-state index >= 15 is 0 Å². The molecule has 7 heteroatoms. The highest BCUT2D eigenvalue weighted by Crippen LogP contribution is 2.29. The zero-order valence-corrected chi connectivity index (χ0v) is 15.0. The molecule has 0 amide bonds. The molecular formula is C20H20N4O3. The molecule has 0 unspecified atom stereocenters. The lowest BCUT2D eigenvalue weighted by atomic mass is 10.1. The zero-order chi connectivity index (χ0) is 18.6. The number of anilines is 3. The minimum atomic E-state index is -0.404. The molecule has 2 aromatic heterocycles. The average Bonchev–Trinajstić information content (AvgIpc) is 2.74. The van der Waals surface area contributed by atoms with Crippen molar-refractivity contribution in [2.24, 2.45) is 0 Å². The Morgan fingerprint density at radius 1 is 1.15 bits per heavy atom. The van der Waals surface area contributed by atoms with Crippen LogP contribution < -0.4 is 10.2 Å². The van der Waals surface area contributed by atoms with Crippen molar-refractivity contribution in [1.82, 2.24) is 9.97 Å². The predicted molar refractivity (Wildman–Crippen MR) is 104 cm³/mol. The molecule has 1 aliphatic rings. The van der Waals surface area contributed by atoms with Gasteiger partial charge in [0.25, 0.3) is 0 Å². The van der Waals surface area contributed by atoms with Crippen molar-refractivity contribution in [2.75, 3.05) is 43.6 Å². The number of aromatic nitrogens is 2. The monoisotopic (exact) mass is 364 g/mol. The number of carbonyl (C=O) groups is 1. The van der Waals surface area contributed by atoms with Crippen LogP contribution in [0, 0.1) is 0 Å². The summed E-state index contributed by atoms with van der Waals surface area (Å²) in [5.74, 6) is 0.241. The van der Waals surface area contributed by atoms with Gasteiger partial charge in [0.1, 0.15) is 5.82 Å². The molecule has 1 aliphatic heterocycles. The maximum absolute atomic E-state index is 11.5. The molecule has 0 bridgehead atoms. The first-order chi connectivity index (χ1) is 13.2. The van der Waals surface area contributed by atoms with Gasteiger partial charge in [0.15, 0.2) is 0 Å². The van der Waals surface area contributed by atoms with Crippen molar-refractivity contribution < 1.29 is 14.3 Å². The summed E-state index contributed by atoms with van der Waals surface area (Å²) in [6.07, 6.45) is 3.26. The SMILES string of the molecule is COC(=O)c1ccc(Nc2ccnc3ccc(N4CCOCC4)cc23)nc1. The van der Waals surface area contributed by atoms with E-state index < -0.39 is 5.97 Å². The summed E-state index contributed by atoms with van der Waals surface area (Å²) in [5, 5.41) is 4.33. The van der Waals surface area contributed by atoms with Crippen molar-refractivity contribution in [1.29, 1.82) is 0 Å². The third-order valence-electron chi connectivity index (χ3n) is 4.55. The first-order valence-electron chi connectivity index (χ1n) is 8.77. The van der Waals surface area contributed by atoms with Gasteiger partial charge in [0.05, 0.1) is 37.1 Å². The number of nitrogens with zero attached hydrogens (tertiary/aromatic N) is 3. The molecule has 3 aromatic rings. The summed E-state index contributed by atoms with van der Waals surface area (Å²) in [6, 6.07) is 11.6. The van der Waals surface area contributed by atoms with E-state index in [1.54, 1.807) is 18.3 Å². The van der Waals surface area contributed by atoms with E-state index in [1.165, 1.54) is 13.3 Å². The summed E-state index contributed by atoms with van der Waals surface area (Å²) >= 11 is 0. The molecule has 138 valence electrons. The summed E-state index contributed by atoms with van der Waals surface area (Å²) in [7, 11) is 1.35. The highest BCUT2D eigenvalue weighted by Gasteiger charge is 2.13. The number of nitrogens with one attached hydrogen (secondary N) is 1. The Kier molecular flexibility index (Phi) is 4.84. The highest BCUT2D eigenvalue weighted by atomic mass is 16.5. The fourth-order valence-corrected chi connectivity index (χ4v) is 3.11. The van der Waals surface area contributed by atoms with Crippen molar-refractivity contribution in [3.05, 3.63) is 54.4 Å². The van der Waals surface area contributed by atoms with Gasteiger partial charge in [-0.25, -0.2) is 9.78 Å². The van der Waals surface area contributed by atoms with Crippen molar-refractivity contribution in [2.45, 2.75) is 0 Å². The van der Waals surface area contributed by atoms with E-state index in [1.807, 2.05) is 12.1 Å². The molecule has 7 nitrogen and oxygen atoms in total. The molecule has 0 saturated carbocycles. The molecule has 0 atom stereocenters. The second-order valence-electron chi connectivity index (χ2n) is 6.21. The van der Waals surface area contributed by atoms with Gasteiger partial charge >= 0.3 is 5.97 Å². The molecule has 0 aliphatic carbocycles. The Balaban J connectivity index is 1.63. The van der Waals surface area contributed by atoms with Crippen LogP contribution in [0.15, 0.2) is 48.8 Å². The molecule has 1 saturated heterocycles. The van der Waals surface area contributed by atoms with Gasteiger partial charge in [-0.15, -0.1) is 0 Å². The number of benzene rings is 1. The molecule has 1 aromatic carbocycles.